The number of ether oxygens (including phenoxy) is 1. The standard InChI is InChI=1S/C22H35N3O2/c1-16(2)7-9-25-11-10-24(14-18(25)8-12-26)15-22-17(3)20-13-19(27-4)5-6-21(20)23-22/h5-6,13,16,18,23,26H,7-12,14-15H2,1-4H3/t18-/m0/s1. The van der Waals surface area contributed by atoms with E-state index in [1.165, 1.54) is 28.6 Å². The number of nitrogens with one attached hydrogen (secondary N) is 1. The van der Waals surface area contributed by atoms with Crippen molar-refractivity contribution in [3.05, 3.63) is 29.5 Å². The lowest BCUT2D eigenvalue weighted by molar-refractivity contribution is 0.0518. The second-order valence-corrected chi connectivity index (χ2v) is 8.26. The molecule has 5 heteroatoms. The van der Waals surface area contributed by atoms with E-state index in [0.717, 1.165) is 50.8 Å². The van der Waals surface area contributed by atoms with Crippen molar-refractivity contribution in [2.24, 2.45) is 5.92 Å². The van der Waals surface area contributed by atoms with Gasteiger partial charge in [0.25, 0.3) is 0 Å². The third kappa shape index (κ3) is 4.84. The fourth-order valence-electron chi connectivity index (χ4n) is 4.11. The lowest BCUT2D eigenvalue weighted by atomic mass is 10.0. The number of piperazine rings is 1. The Morgan fingerprint density at radius 1 is 1.30 bits per heavy atom. The number of aromatic nitrogens is 1. The number of aromatic amines is 1. The van der Waals surface area contributed by atoms with Crippen molar-refractivity contribution in [2.75, 3.05) is 39.9 Å². The van der Waals surface area contributed by atoms with E-state index in [1.807, 2.05) is 6.07 Å². The smallest absolute Gasteiger partial charge is 0.119 e. The number of benzene rings is 1. The predicted molar refractivity (Wildman–Crippen MR) is 111 cm³/mol. The summed E-state index contributed by atoms with van der Waals surface area (Å²) < 4.78 is 5.38. The maximum Gasteiger partial charge on any atom is 0.119 e. The zero-order valence-electron chi connectivity index (χ0n) is 17.3. The molecule has 150 valence electrons. The molecule has 0 bridgehead atoms. The van der Waals surface area contributed by atoms with Crippen molar-refractivity contribution >= 4 is 10.9 Å². The summed E-state index contributed by atoms with van der Waals surface area (Å²) >= 11 is 0. The number of aliphatic hydroxyl groups excluding tert-OH is 1. The normalized spacial score (nSPS) is 19.3. The average molecular weight is 374 g/mol. The van der Waals surface area contributed by atoms with Gasteiger partial charge < -0.3 is 14.8 Å². The quantitative estimate of drug-likeness (QED) is 0.745. The molecule has 2 N–H and O–H groups in total. The van der Waals surface area contributed by atoms with Crippen LogP contribution in [0.3, 0.4) is 0 Å². The second-order valence-electron chi connectivity index (χ2n) is 8.26. The molecule has 1 aliphatic rings. The van der Waals surface area contributed by atoms with Gasteiger partial charge in [0, 0.05) is 55.4 Å². The van der Waals surface area contributed by atoms with Gasteiger partial charge in [-0.15, -0.1) is 0 Å². The first-order chi connectivity index (χ1) is 13.0. The zero-order chi connectivity index (χ0) is 19.4. The van der Waals surface area contributed by atoms with Crippen LogP contribution in [0.2, 0.25) is 0 Å². The number of hydrogen-bond acceptors (Lipinski definition) is 4. The van der Waals surface area contributed by atoms with Gasteiger partial charge in [0.05, 0.1) is 7.11 Å². The van der Waals surface area contributed by atoms with Crippen molar-refractivity contribution in [3.8, 4) is 5.75 Å². The van der Waals surface area contributed by atoms with Crippen LogP contribution in [0.15, 0.2) is 18.2 Å². The van der Waals surface area contributed by atoms with Gasteiger partial charge in [0.1, 0.15) is 5.75 Å². The highest BCUT2D eigenvalue weighted by molar-refractivity contribution is 5.85. The molecule has 0 spiro atoms. The van der Waals surface area contributed by atoms with Gasteiger partial charge in [-0.05, 0) is 56.0 Å². The maximum atomic E-state index is 9.52. The van der Waals surface area contributed by atoms with Crippen LogP contribution in [0.25, 0.3) is 10.9 Å². The first-order valence-electron chi connectivity index (χ1n) is 10.2. The topological polar surface area (TPSA) is 51.7 Å². The number of fused-ring (bicyclic) bond motifs is 1. The first-order valence-corrected chi connectivity index (χ1v) is 10.2. The summed E-state index contributed by atoms with van der Waals surface area (Å²) in [5.74, 6) is 1.63. The lowest BCUT2D eigenvalue weighted by Crippen LogP contribution is -2.53. The maximum absolute atomic E-state index is 9.52. The van der Waals surface area contributed by atoms with Crippen LogP contribution in [0.4, 0.5) is 0 Å². The molecule has 0 unspecified atom stereocenters. The molecule has 1 aliphatic heterocycles. The number of aryl methyl sites for hydroxylation is 1. The minimum absolute atomic E-state index is 0.266. The number of aliphatic hydroxyl groups is 1. The van der Waals surface area contributed by atoms with Gasteiger partial charge in [-0.1, -0.05) is 13.8 Å². The van der Waals surface area contributed by atoms with E-state index >= 15 is 0 Å². The van der Waals surface area contributed by atoms with Crippen LogP contribution < -0.4 is 4.74 Å². The summed E-state index contributed by atoms with van der Waals surface area (Å²) in [5, 5.41) is 10.8. The molecule has 5 nitrogen and oxygen atoms in total. The minimum atomic E-state index is 0.266. The molecule has 2 heterocycles. The summed E-state index contributed by atoms with van der Waals surface area (Å²) in [6, 6.07) is 6.67. The zero-order valence-corrected chi connectivity index (χ0v) is 17.3. The molecule has 1 fully saturated rings. The summed E-state index contributed by atoms with van der Waals surface area (Å²) in [6.07, 6.45) is 2.09. The monoisotopic (exact) mass is 373 g/mol. The van der Waals surface area contributed by atoms with Gasteiger partial charge in [-0.3, -0.25) is 9.80 Å². The van der Waals surface area contributed by atoms with Gasteiger partial charge in [-0.25, -0.2) is 0 Å². The molecule has 3 rings (SSSR count). The molecule has 2 aromatic rings. The molecular weight excluding hydrogens is 338 g/mol. The molecule has 0 saturated carbocycles. The molecule has 0 aliphatic carbocycles. The van der Waals surface area contributed by atoms with Crippen molar-refractivity contribution in [3.63, 3.8) is 0 Å². The molecule has 0 radical (unpaired) electrons. The number of hydrogen-bond donors (Lipinski definition) is 2. The first kappa shape index (κ1) is 20.2. The van der Waals surface area contributed by atoms with Crippen LogP contribution in [0, 0.1) is 12.8 Å². The van der Waals surface area contributed by atoms with E-state index in [9.17, 15) is 5.11 Å². The molecular formula is C22H35N3O2. The highest BCUT2D eigenvalue weighted by atomic mass is 16.5. The third-order valence-corrected chi connectivity index (χ3v) is 5.90. The van der Waals surface area contributed by atoms with Crippen LogP contribution in [0.5, 0.6) is 5.75 Å². The number of H-pyrrole nitrogens is 1. The predicted octanol–water partition coefficient (Wildman–Crippen LogP) is 3.40. The Morgan fingerprint density at radius 2 is 2.11 bits per heavy atom. The molecule has 1 aromatic heterocycles. The van der Waals surface area contributed by atoms with Crippen LogP contribution in [0.1, 0.15) is 37.9 Å². The van der Waals surface area contributed by atoms with Gasteiger partial charge in [0.15, 0.2) is 0 Å². The third-order valence-electron chi connectivity index (χ3n) is 5.90. The fourth-order valence-corrected chi connectivity index (χ4v) is 4.11. The van der Waals surface area contributed by atoms with Crippen LogP contribution in [-0.4, -0.2) is 65.8 Å². The van der Waals surface area contributed by atoms with Crippen molar-refractivity contribution < 1.29 is 9.84 Å². The largest absolute Gasteiger partial charge is 0.497 e. The SMILES string of the molecule is COc1ccc2[nH]c(CN3CCN(CCC(C)C)[C@@H](CCO)C3)c(C)c2c1. The van der Waals surface area contributed by atoms with Crippen molar-refractivity contribution in [1.29, 1.82) is 0 Å². The Hall–Kier alpha value is -1.56. The molecule has 1 aromatic carbocycles. The Bertz CT molecular complexity index is 740. The van der Waals surface area contributed by atoms with Gasteiger partial charge in [0.2, 0.25) is 0 Å². The van der Waals surface area contributed by atoms with Crippen LogP contribution in [-0.2, 0) is 6.54 Å². The summed E-state index contributed by atoms with van der Waals surface area (Å²) in [7, 11) is 1.71. The Balaban J connectivity index is 1.69. The number of methoxy groups -OCH3 is 1. The van der Waals surface area contributed by atoms with Crippen molar-refractivity contribution in [2.45, 2.75) is 46.2 Å². The average Bonchev–Trinajstić information content (AvgIpc) is 2.96. The summed E-state index contributed by atoms with van der Waals surface area (Å²) in [5.41, 5.74) is 3.77. The van der Waals surface area contributed by atoms with E-state index < -0.39 is 0 Å². The molecule has 1 saturated heterocycles. The Morgan fingerprint density at radius 3 is 2.81 bits per heavy atom. The van der Waals surface area contributed by atoms with Gasteiger partial charge >= 0.3 is 0 Å². The van der Waals surface area contributed by atoms with E-state index in [4.69, 9.17) is 4.74 Å². The minimum Gasteiger partial charge on any atom is -0.497 e. The Kier molecular flexibility index (Phi) is 6.79. The molecule has 1 atom stereocenters. The molecule has 27 heavy (non-hydrogen) atoms. The van der Waals surface area contributed by atoms with E-state index in [2.05, 4.69) is 47.7 Å². The van der Waals surface area contributed by atoms with Crippen LogP contribution >= 0.6 is 0 Å². The second kappa shape index (κ2) is 9.09. The van der Waals surface area contributed by atoms with E-state index in [-0.39, 0.29) is 6.61 Å². The fraction of sp³-hybridized carbons (Fsp3) is 0.636. The van der Waals surface area contributed by atoms with E-state index in [0.29, 0.717) is 6.04 Å². The highest BCUT2D eigenvalue weighted by Gasteiger charge is 2.27. The summed E-state index contributed by atoms with van der Waals surface area (Å²) in [6.45, 7) is 12.3. The Labute approximate surface area is 163 Å². The summed E-state index contributed by atoms with van der Waals surface area (Å²) in [4.78, 5) is 8.71. The number of rotatable bonds is 8. The van der Waals surface area contributed by atoms with Gasteiger partial charge in [-0.2, -0.15) is 0 Å². The molecule has 0 amide bonds. The highest BCUT2D eigenvalue weighted by Crippen LogP contribution is 2.27. The van der Waals surface area contributed by atoms with E-state index in [1.54, 1.807) is 7.11 Å². The lowest BCUT2D eigenvalue weighted by Gasteiger charge is -2.41. The number of nitrogens with zero attached hydrogens (tertiary/aromatic N) is 2. The van der Waals surface area contributed by atoms with Crippen molar-refractivity contribution in [1.82, 2.24) is 14.8 Å².